The molecule has 2 amide bonds. The molecule has 1 unspecified atom stereocenters. The number of aliphatic imine (C=N–C) groups is 1. The Hall–Kier alpha value is -2.95. The van der Waals surface area contributed by atoms with Crippen LogP contribution >= 0.6 is 23.2 Å². The number of hydrogen-bond donors (Lipinski definition) is 2. The van der Waals surface area contributed by atoms with Crippen molar-refractivity contribution in [2.24, 2.45) is 10.7 Å². The Balaban J connectivity index is 1.83. The molecular formula is C20H20Cl2FN5O4. The van der Waals surface area contributed by atoms with Gasteiger partial charge in [0.05, 0.1) is 18.2 Å². The molecule has 0 saturated heterocycles. The Labute approximate surface area is 193 Å². The fourth-order valence-electron chi connectivity index (χ4n) is 3.21. The number of ether oxygens (including phenoxy) is 2. The molecule has 12 heteroatoms. The van der Waals surface area contributed by atoms with Crippen LogP contribution in [0.25, 0.3) is 0 Å². The Kier molecular flexibility index (Phi) is 7.17. The zero-order valence-corrected chi connectivity index (χ0v) is 18.7. The number of amidine groups is 1. The van der Waals surface area contributed by atoms with Crippen LogP contribution in [0.2, 0.25) is 10.0 Å². The van der Waals surface area contributed by atoms with Gasteiger partial charge in [-0.3, -0.25) is 15.1 Å². The van der Waals surface area contributed by atoms with Gasteiger partial charge >= 0.3 is 6.09 Å². The van der Waals surface area contributed by atoms with E-state index in [0.717, 1.165) is 0 Å². The van der Waals surface area contributed by atoms with E-state index in [1.807, 2.05) is 0 Å². The standard InChI is InChI=1S/C20H20Cl2FN5O4/c1-20(10-28(5-6-31-2)18(29)16(24)27-20)13-8-12(3-4-15(13)23)26-19(30)32-17-14(22)7-11(21)9-25-17/h3-4,7-9H,5-6,10H2,1-2H3,(H2,24,27)(H,26,30). The molecule has 1 atom stereocenters. The lowest BCUT2D eigenvalue weighted by Gasteiger charge is -2.37. The van der Waals surface area contributed by atoms with E-state index >= 15 is 0 Å². The summed E-state index contributed by atoms with van der Waals surface area (Å²) in [6.45, 7) is 2.27. The highest BCUT2D eigenvalue weighted by molar-refractivity contribution is 6.37. The number of halogens is 3. The molecule has 2 aromatic rings. The number of methoxy groups -OCH3 is 1. The summed E-state index contributed by atoms with van der Waals surface area (Å²) >= 11 is 11.7. The molecule has 0 saturated carbocycles. The lowest BCUT2D eigenvalue weighted by Crippen LogP contribution is -2.53. The summed E-state index contributed by atoms with van der Waals surface area (Å²) < 4.78 is 24.9. The van der Waals surface area contributed by atoms with Gasteiger partial charge in [-0.1, -0.05) is 23.2 Å². The molecule has 0 spiro atoms. The zero-order valence-electron chi connectivity index (χ0n) is 17.2. The SMILES string of the molecule is COCCN1CC(C)(c2cc(NC(=O)Oc3ncc(Cl)cc3Cl)ccc2F)N=C(N)C1=O. The quantitative estimate of drug-likeness (QED) is 0.650. The summed E-state index contributed by atoms with van der Waals surface area (Å²) in [5.74, 6) is -1.41. The normalized spacial score (nSPS) is 18.3. The average molecular weight is 484 g/mol. The lowest BCUT2D eigenvalue weighted by molar-refractivity contribution is -0.126. The monoisotopic (exact) mass is 483 g/mol. The fraction of sp³-hybridized carbons (Fsp3) is 0.300. The highest BCUT2D eigenvalue weighted by atomic mass is 35.5. The minimum atomic E-state index is -1.18. The Morgan fingerprint density at radius 1 is 1.38 bits per heavy atom. The molecule has 3 rings (SSSR count). The molecule has 0 bridgehead atoms. The molecule has 1 aliphatic heterocycles. The Morgan fingerprint density at radius 3 is 2.81 bits per heavy atom. The minimum Gasteiger partial charge on any atom is -0.389 e. The van der Waals surface area contributed by atoms with Gasteiger partial charge in [-0.2, -0.15) is 0 Å². The maximum Gasteiger partial charge on any atom is 0.418 e. The molecule has 3 N–H and O–H groups in total. The van der Waals surface area contributed by atoms with Crippen LogP contribution in [-0.4, -0.2) is 54.5 Å². The van der Waals surface area contributed by atoms with E-state index in [-0.39, 0.29) is 52.7 Å². The lowest BCUT2D eigenvalue weighted by atomic mass is 9.89. The van der Waals surface area contributed by atoms with Crippen molar-refractivity contribution in [2.75, 3.05) is 32.1 Å². The predicted molar refractivity (Wildman–Crippen MR) is 118 cm³/mol. The number of amides is 2. The van der Waals surface area contributed by atoms with E-state index < -0.39 is 23.4 Å². The molecule has 9 nitrogen and oxygen atoms in total. The van der Waals surface area contributed by atoms with E-state index in [4.69, 9.17) is 38.4 Å². The highest BCUT2D eigenvalue weighted by Crippen LogP contribution is 2.33. The van der Waals surface area contributed by atoms with Crippen LogP contribution in [0, 0.1) is 5.82 Å². The number of nitrogens with zero attached hydrogens (tertiary/aromatic N) is 3. The van der Waals surface area contributed by atoms with Crippen LogP contribution < -0.4 is 15.8 Å². The third-order valence-electron chi connectivity index (χ3n) is 4.69. The summed E-state index contributed by atoms with van der Waals surface area (Å²) in [7, 11) is 1.51. The van der Waals surface area contributed by atoms with E-state index in [0.29, 0.717) is 0 Å². The van der Waals surface area contributed by atoms with Gasteiger partial charge in [0.15, 0.2) is 5.84 Å². The first-order valence-electron chi connectivity index (χ1n) is 9.36. The van der Waals surface area contributed by atoms with Crippen molar-refractivity contribution >= 4 is 46.7 Å². The molecule has 0 fully saturated rings. The van der Waals surface area contributed by atoms with Crippen molar-refractivity contribution < 1.29 is 23.5 Å². The van der Waals surface area contributed by atoms with Crippen LogP contribution in [0.1, 0.15) is 12.5 Å². The third-order valence-corrected chi connectivity index (χ3v) is 5.17. The Morgan fingerprint density at radius 2 is 2.12 bits per heavy atom. The van der Waals surface area contributed by atoms with Gasteiger partial charge in [-0.15, -0.1) is 0 Å². The number of nitrogens with two attached hydrogens (primary N) is 1. The topological polar surface area (TPSA) is 119 Å². The Bertz CT molecular complexity index is 1080. The first-order chi connectivity index (χ1) is 15.1. The van der Waals surface area contributed by atoms with Gasteiger partial charge in [0.2, 0.25) is 5.88 Å². The maximum atomic E-state index is 14.8. The first-order valence-corrected chi connectivity index (χ1v) is 10.1. The second kappa shape index (κ2) is 9.68. The summed E-state index contributed by atoms with van der Waals surface area (Å²) in [5, 5.41) is 2.81. The number of pyridine rings is 1. The number of hydrogen-bond acceptors (Lipinski definition) is 7. The van der Waals surface area contributed by atoms with Crippen molar-refractivity contribution in [1.29, 1.82) is 0 Å². The molecule has 0 radical (unpaired) electrons. The zero-order chi connectivity index (χ0) is 23.5. The van der Waals surface area contributed by atoms with Crippen LogP contribution in [0.3, 0.4) is 0 Å². The first kappa shape index (κ1) is 23.7. The van der Waals surface area contributed by atoms with Gasteiger partial charge in [-0.05, 0) is 31.2 Å². The number of carbonyl (C=O) groups excluding carboxylic acids is 2. The number of aromatic nitrogens is 1. The average Bonchev–Trinajstić information content (AvgIpc) is 2.73. The van der Waals surface area contributed by atoms with Gasteiger partial charge in [0.25, 0.3) is 5.91 Å². The molecule has 170 valence electrons. The van der Waals surface area contributed by atoms with Crippen molar-refractivity contribution in [1.82, 2.24) is 9.88 Å². The molecule has 2 heterocycles. The van der Waals surface area contributed by atoms with Crippen molar-refractivity contribution in [3.63, 3.8) is 0 Å². The van der Waals surface area contributed by atoms with Gasteiger partial charge in [-0.25, -0.2) is 14.2 Å². The fourth-order valence-corrected chi connectivity index (χ4v) is 3.62. The van der Waals surface area contributed by atoms with Crippen molar-refractivity contribution in [3.8, 4) is 5.88 Å². The number of rotatable bonds is 6. The molecule has 1 aromatic heterocycles. The summed E-state index contributed by atoms with van der Waals surface area (Å²) in [4.78, 5) is 34.1. The van der Waals surface area contributed by atoms with Crippen LogP contribution in [-0.2, 0) is 15.1 Å². The number of anilines is 1. The smallest absolute Gasteiger partial charge is 0.389 e. The van der Waals surface area contributed by atoms with Crippen molar-refractivity contribution in [2.45, 2.75) is 12.5 Å². The van der Waals surface area contributed by atoms with E-state index in [1.54, 1.807) is 6.92 Å². The predicted octanol–water partition coefficient (Wildman–Crippen LogP) is 3.20. The molecule has 1 aromatic carbocycles. The van der Waals surface area contributed by atoms with E-state index in [1.165, 1.54) is 42.5 Å². The third kappa shape index (κ3) is 5.26. The summed E-state index contributed by atoms with van der Waals surface area (Å²) in [6, 6.07) is 5.29. The summed E-state index contributed by atoms with van der Waals surface area (Å²) in [6.07, 6.45) is 0.377. The van der Waals surface area contributed by atoms with E-state index in [2.05, 4.69) is 15.3 Å². The largest absolute Gasteiger partial charge is 0.418 e. The van der Waals surface area contributed by atoms with Crippen LogP contribution in [0.4, 0.5) is 14.9 Å². The number of carbonyl (C=O) groups is 2. The van der Waals surface area contributed by atoms with Crippen molar-refractivity contribution in [3.05, 3.63) is 51.9 Å². The highest BCUT2D eigenvalue weighted by Gasteiger charge is 2.39. The van der Waals surface area contributed by atoms with Gasteiger partial charge in [0.1, 0.15) is 16.4 Å². The number of benzene rings is 1. The van der Waals surface area contributed by atoms with Gasteiger partial charge < -0.3 is 20.1 Å². The second-order valence-electron chi connectivity index (χ2n) is 7.14. The minimum absolute atomic E-state index is 0.0489. The maximum absolute atomic E-state index is 14.8. The van der Waals surface area contributed by atoms with Gasteiger partial charge in [0, 0.05) is 31.1 Å². The number of nitrogens with one attached hydrogen (secondary N) is 1. The van der Waals surface area contributed by atoms with Crippen LogP contribution in [0.5, 0.6) is 5.88 Å². The molecular weight excluding hydrogens is 464 g/mol. The molecule has 0 aliphatic carbocycles. The van der Waals surface area contributed by atoms with E-state index in [9.17, 15) is 14.0 Å². The van der Waals surface area contributed by atoms with Crippen LogP contribution in [0.15, 0.2) is 35.5 Å². The molecule has 1 aliphatic rings. The summed E-state index contributed by atoms with van der Waals surface area (Å²) in [5.41, 5.74) is 4.99. The molecule has 32 heavy (non-hydrogen) atoms. The second-order valence-corrected chi connectivity index (χ2v) is 7.98.